The molecule has 1 atom stereocenters. The van der Waals surface area contributed by atoms with Gasteiger partial charge in [0.2, 0.25) is 0 Å². The molecule has 1 aromatic rings. The Morgan fingerprint density at radius 2 is 2.11 bits per heavy atom. The van der Waals surface area contributed by atoms with Crippen LogP contribution in [0.3, 0.4) is 0 Å². The minimum atomic E-state index is 0.0201. The molecule has 0 amide bonds. The number of likely N-dealkylation sites (N-methyl/N-ethyl adjacent to an activating group) is 1. The lowest BCUT2D eigenvalue weighted by Crippen LogP contribution is -2.36. The van der Waals surface area contributed by atoms with Gasteiger partial charge in [0, 0.05) is 19.2 Å². The van der Waals surface area contributed by atoms with Crippen molar-refractivity contribution in [1.82, 2.24) is 4.90 Å². The normalized spacial score (nSPS) is 12.7. The Balaban J connectivity index is 2.54. The zero-order valence-corrected chi connectivity index (χ0v) is 13.1. The lowest BCUT2D eigenvalue weighted by Gasteiger charge is -2.25. The number of aliphatic hydroxyl groups is 2. The van der Waals surface area contributed by atoms with Crippen molar-refractivity contribution in [3.63, 3.8) is 0 Å². The van der Waals surface area contributed by atoms with Gasteiger partial charge in [-0.05, 0) is 53.5 Å². The summed E-state index contributed by atoms with van der Waals surface area (Å²) in [5.74, 6) is 0.825. The molecule has 0 saturated carbocycles. The summed E-state index contributed by atoms with van der Waals surface area (Å²) >= 11 is 3.47. The van der Waals surface area contributed by atoms with E-state index in [4.69, 9.17) is 9.84 Å². The molecular weight excluding hydrogens is 310 g/mol. The lowest BCUT2D eigenvalue weighted by atomic mass is 10.1. The molecule has 0 spiro atoms. The molecule has 5 heteroatoms. The monoisotopic (exact) mass is 331 g/mol. The van der Waals surface area contributed by atoms with Gasteiger partial charge in [-0.2, -0.15) is 0 Å². The van der Waals surface area contributed by atoms with Crippen molar-refractivity contribution < 1.29 is 14.9 Å². The van der Waals surface area contributed by atoms with Crippen LogP contribution in [0.4, 0.5) is 0 Å². The number of methoxy groups -OCH3 is 1. The van der Waals surface area contributed by atoms with E-state index in [2.05, 4.69) is 20.8 Å². The first-order chi connectivity index (χ1) is 9.12. The van der Waals surface area contributed by atoms with Gasteiger partial charge < -0.3 is 19.8 Å². The van der Waals surface area contributed by atoms with E-state index in [0.717, 1.165) is 23.2 Å². The quantitative estimate of drug-likeness (QED) is 0.761. The Morgan fingerprint density at radius 1 is 1.37 bits per heavy atom. The second-order valence-electron chi connectivity index (χ2n) is 4.55. The Labute approximate surface area is 123 Å². The molecule has 1 unspecified atom stereocenters. The molecule has 2 N–H and O–H groups in total. The van der Waals surface area contributed by atoms with Crippen molar-refractivity contribution in [3.05, 3.63) is 28.2 Å². The first-order valence-corrected chi connectivity index (χ1v) is 7.16. The second kappa shape index (κ2) is 8.53. The average Bonchev–Trinajstić information content (AvgIpc) is 2.42. The Bertz CT molecular complexity index is 387. The fraction of sp³-hybridized carbons (Fsp3) is 0.571. The van der Waals surface area contributed by atoms with Crippen LogP contribution in [0.2, 0.25) is 0 Å². The van der Waals surface area contributed by atoms with E-state index >= 15 is 0 Å². The molecule has 1 rings (SSSR count). The van der Waals surface area contributed by atoms with Crippen molar-refractivity contribution in [2.75, 3.05) is 33.9 Å². The SMILES string of the molecule is COc1ccc(CCN(C)C(CO)CCO)cc1Br. The number of hydrogen-bond acceptors (Lipinski definition) is 4. The van der Waals surface area contributed by atoms with Gasteiger partial charge in [0.1, 0.15) is 5.75 Å². The lowest BCUT2D eigenvalue weighted by molar-refractivity contribution is 0.120. The van der Waals surface area contributed by atoms with Crippen LogP contribution in [0.15, 0.2) is 22.7 Å². The number of hydrogen-bond donors (Lipinski definition) is 2. The summed E-state index contributed by atoms with van der Waals surface area (Å²) in [4.78, 5) is 2.08. The number of ether oxygens (including phenoxy) is 1. The van der Waals surface area contributed by atoms with Gasteiger partial charge in [0.15, 0.2) is 0 Å². The number of rotatable bonds is 8. The summed E-state index contributed by atoms with van der Waals surface area (Å²) in [6.07, 6.45) is 1.49. The average molecular weight is 332 g/mol. The van der Waals surface area contributed by atoms with Crippen molar-refractivity contribution in [3.8, 4) is 5.75 Å². The fourth-order valence-corrected chi connectivity index (χ4v) is 2.54. The van der Waals surface area contributed by atoms with E-state index in [9.17, 15) is 5.11 Å². The molecule has 4 nitrogen and oxygen atoms in total. The predicted octanol–water partition coefficient (Wildman–Crippen LogP) is 1.68. The summed E-state index contributed by atoms with van der Waals surface area (Å²) < 4.78 is 6.14. The van der Waals surface area contributed by atoms with Gasteiger partial charge in [-0.15, -0.1) is 0 Å². The van der Waals surface area contributed by atoms with E-state index in [-0.39, 0.29) is 19.3 Å². The van der Waals surface area contributed by atoms with Crippen LogP contribution in [0.5, 0.6) is 5.75 Å². The summed E-state index contributed by atoms with van der Waals surface area (Å²) in [5.41, 5.74) is 1.21. The first kappa shape index (κ1) is 16.4. The third kappa shape index (κ3) is 5.10. The number of halogens is 1. The third-order valence-corrected chi connectivity index (χ3v) is 3.89. The second-order valence-corrected chi connectivity index (χ2v) is 5.40. The Kier molecular flexibility index (Phi) is 7.38. The van der Waals surface area contributed by atoms with Crippen LogP contribution in [0.25, 0.3) is 0 Å². The molecule has 0 radical (unpaired) electrons. The maximum Gasteiger partial charge on any atom is 0.133 e. The zero-order valence-electron chi connectivity index (χ0n) is 11.5. The number of aliphatic hydroxyl groups excluding tert-OH is 2. The summed E-state index contributed by atoms with van der Waals surface area (Å²) in [6.45, 7) is 1.01. The molecule has 1 aromatic carbocycles. The van der Waals surface area contributed by atoms with Gasteiger partial charge in [-0.1, -0.05) is 6.07 Å². The van der Waals surface area contributed by atoms with E-state index in [1.54, 1.807) is 7.11 Å². The van der Waals surface area contributed by atoms with Gasteiger partial charge in [-0.3, -0.25) is 0 Å². The Hall–Kier alpha value is -0.620. The molecule has 19 heavy (non-hydrogen) atoms. The van der Waals surface area contributed by atoms with Gasteiger partial charge in [0.25, 0.3) is 0 Å². The van der Waals surface area contributed by atoms with E-state index < -0.39 is 0 Å². The zero-order chi connectivity index (χ0) is 14.3. The summed E-state index contributed by atoms with van der Waals surface area (Å²) in [6, 6.07) is 6.05. The standard InChI is InChI=1S/C14H22BrNO3/c1-16(12(10-18)6-8-17)7-5-11-3-4-14(19-2)13(15)9-11/h3-4,9,12,17-18H,5-8,10H2,1-2H3. The van der Waals surface area contributed by atoms with Crippen LogP contribution in [-0.4, -0.2) is 55.1 Å². The minimum absolute atomic E-state index is 0.0201. The van der Waals surface area contributed by atoms with Crippen molar-refractivity contribution in [2.24, 2.45) is 0 Å². The molecule has 0 aromatic heterocycles. The van der Waals surface area contributed by atoms with E-state index in [1.807, 2.05) is 25.2 Å². The van der Waals surface area contributed by atoms with Crippen LogP contribution < -0.4 is 4.74 Å². The van der Waals surface area contributed by atoms with Crippen LogP contribution in [0, 0.1) is 0 Å². The molecule has 0 aliphatic rings. The maximum absolute atomic E-state index is 9.26. The summed E-state index contributed by atoms with van der Waals surface area (Å²) in [5, 5.41) is 18.2. The van der Waals surface area contributed by atoms with Crippen molar-refractivity contribution in [2.45, 2.75) is 18.9 Å². The van der Waals surface area contributed by atoms with Gasteiger partial charge in [0.05, 0.1) is 18.2 Å². The highest BCUT2D eigenvalue weighted by Crippen LogP contribution is 2.25. The minimum Gasteiger partial charge on any atom is -0.496 e. The molecule has 0 aliphatic carbocycles. The summed E-state index contributed by atoms with van der Waals surface area (Å²) in [7, 11) is 3.61. The molecule has 0 aliphatic heterocycles. The van der Waals surface area contributed by atoms with E-state index in [0.29, 0.717) is 6.42 Å². The van der Waals surface area contributed by atoms with E-state index in [1.165, 1.54) is 5.56 Å². The molecule has 108 valence electrons. The van der Waals surface area contributed by atoms with Crippen molar-refractivity contribution >= 4 is 15.9 Å². The molecule has 0 fully saturated rings. The highest BCUT2D eigenvalue weighted by atomic mass is 79.9. The van der Waals surface area contributed by atoms with Crippen molar-refractivity contribution in [1.29, 1.82) is 0 Å². The first-order valence-electron chi connectivity index (χ1n) is 6.36. The van der Waals surface area contributed by atoms with Gasteiger partial charge in [-0.25, -0.2) is 0 Å². The predicted molar refractivity (Wildman–Crippen MR) is 79.6 cm³/mol. The van der Waals surface area contributed by atoms with Crippen LogP contribution in [0.1, 0.15) is 12.0 Å². The van der Waals surface area contributed by atoms with Crippen LogP contribution >= 0.6 is 15.9 Å². The topological polar surface area (TPSA) is 52.9 Å². The van der Waals surface area contributed by atoms with Crippen LogP contribution in [-0.2, 0) is 6.42 Å². The smallest absolute Gasteiger partial charge is 0.133 e. The molecule has 0 bridgehead atoms. The fourth-order valence-electron chi connectivity index (χ4n) is 1.95. The highest BCUT2D eigenvalue weighted by Gasteiger charge is 2.13. The maximum atomic E-state index is 9.26. The molecule has 0 heterocycles. The van der Waals surface area contributed by atoms with Gasteiger partial charge >= 0.3 is 0 Å². The third-order valence-electron chi connectivity index (χ3n) is 3.27. The Morgan fingerprint density at radius 3 is 2.63 bits per heavy atom. The molecular formula is C14H22BrNO3. The molecule has 0 saturated heterocycles. The largest absolute Gasteiger partial charge is 0.496 e. The number of nitrogens with zero attached hydrogens (tertiary/aromatic N) is 1. The number of benzene rings is 1. The highest BCUT2D eigenvalue weighted by molar-refractivity contribution is 9.10.